The Balaban J connectivity index is 2.81. The quantitative estimate of drug-likeness (QED) is 0.638. The zero-order valence-electron chi connectivity index (χ0n) is 5.47. The maximum Gasteiger partial charge on any atom is 0.130 e. The summed E-state index contributed by atoms with van der Waals surface area (Å²) in [6.07, 6.45) is 0.529. The molecule has 0 radical (unpaired) electrons. The molecule has 10 heavy (non-hydrogen) atoms. The molecule has 54 valence electrons. The van der Waals surface area contributed by atoms with Gasteiger partial charge in [-0.3, -0.25) is 0 Å². The van der Waals surface area contributed by atoms with Gasteiger partial charge in [0.25, 0.3) is 0 Å². The molecule has 1 rings (SSSR count). The predicted molar refractivity (Wildman–Crippen MR) is 43.4 cm³/mol. The Morgan fingerprint density at radius 3 is 2.70 bits per heavy atom. The number of benzene rings is 1. The molecule has 1 aromatic rings. The molecule has 0 saturated heterocycles. The summed E-state index contributed by atoms with van der Waals surface area (Å²) in [6.45, 7) is 0. The van der Waals surface area contributed by atoms with Gasteiger partial charge in [-0.25, -0.2) is 4.39 Å². The fourth-order valence-electron chi connectivity index (χ4n) is 0.715. The van der Waals surface area contributed by atoms with Crippen LogP contribution >= 0.6 is 8.58 Å². The molecule has 0 aliphatic heterocycles. The average Bonchev–Trinajstić information content (AvgIpc) is 1.94. The molecule has 0 amide bonds. The molecule has 0 heterocycles. The Hall–Kier alpha value is -0.460. The highest BCUT2D eigenvalue weighted by Crippen LogP contribution is 2.08. The average molecular weight is 157 g/mol. The van der Waals surface area contributed by atoms with Crippen LogP contribution in [-0.2, 0) is 0 Å². The second-order valence-corrected chi connectivity index (χ2v) is 3.16. The smallest absolute Gasteiger partial charge is 0.130 e. The summed E-state index contributed by atoms with van der Waals surface area (Å²) >= 11 is 0. The van der Waals surface area contributed by atoms with Crippen molar-refractivity contribution in [3.05, 3.63) is 30.1 Å². The molecular formula is C7H9FNP. The van der Waals surface area contributed by atoms with Crippen LogP contribution in [0.25, 0.3) is 0 Å². The monoisotopic (exact) mass is 157 g/mol. The molecule has 0 aliphatic rings. The van der Waals surface area contributed by atoms with Gasteiger partial charge in [0.05, 0.1) is 0 Å². The third-order valence-electron chi connectivity index (χ3n) is 1.17. The molecule has 0 spiro atoms. The second-order valence-electron chi connectivity index (χ2n) is 1.86. The number of rotatable bonds is 2. The summed E-state index contributed by atoms with van der Waals surface area (Å²) in [5.41, 5.74) is 5.28. The van der Waals surface area contributed by atoms with Crippen molar-refractivity contribution in [2.75, 3.05) is 6.29 Å². The molecule has 0 fully saturated rings. The first-order valence-corrected chi connectivity index (χ1v) is 4.24. The summed E-state index contributed by atoms with van der Waals surface area (Å²) in [5, 5.41) is 0.727. The van der Waals surface area contributed by atoms with E-state index in [1.54, 1.807) is 12.1 Å². The maximum atomic E-state index is 12.7. The van der Waals surface area contributed by atoms with E-state index in [-0.39, 0.29) is 5.82 Å². The van der Waals surface area contributed by atoms with Crippen molar-refractivity contribution in [1.29, 1.82) is 0 Å². The van der Waals surface area contributed by atoms with Crippen LogP contribution in [0.1, 0.15) is 0 Å². The molecule has 1 nitrogen and oxygen atoms in total. The van der Waals surface area contributed by atoms with E-state index in [1.807, 2.05) is 6.07 Å². The largest absolute Gasteiger partial charge is 0.327 e. The molecule has 0 saturated carbocycles. The van der Waals surface area contributed by atoms with E-state index in [2.05, 4.69) is 0 Å². The van der Waals surface area contributed by atoms with E-state index in [0.717, 1.165) is 5.30 Å². The van der Waals surface area contributed by atoms with E-state index < -0.39 is 0 Å². The molecule has 2 N–H and O–H groups in total. The Bertz CT molecular complexity index is 215. The van der Waals surface area contributed by atoms with Crippen molar-refractivity contribution in [3.8, 4) is 0 Å². The van der Waals surface area contributed by atoms with Crippen molar-refractivity contribution in [2.24, 2.45) is 5.73 Å². The van der Waals surface area contributed by atoms with Gasteiger partial charge >= 0.3 is 0 Å². The predicted octanol–water partition coefficient (Wildman–Crippen LogP) is 1.05. The van der Waals surface area contributed by atoms with Crippen LogP contribution in [0.5, 0.6) is 0 Å². The van der Waals surface area contributed by atoms with Crippen molar-refractivity contribution < 1.29 is 4.39 Å². The summed E-state index contributed by atoms with van der Waals surface area (Å²) in [6, 6.07) is 6.72. The van der Waals surface area contributed by atoms with Gasteiger partial charge in [0.1, 0.15) is 5.82 Å². The lowest BCUT2D eigenvalue weighted by Crippen LogP contribution is -2.04. The Kier molecular flexibility index (Phi) is 2.79. The Morgan fingerprint density at radius 1 is 1.40 bits per heavy atom. The van der Waals surface area contributed by atoms with E-state index in [9.17, 15) is 4.39 Å². The summed E-state index contributed by atoms with van der Waals surface area (Å²) in [5.74, 6) is -0.147. The minimum atomic E-state index is -0.147. The van der Waals surface area contributed by atoms with Crippen molar-refractivity contribution in [2.45, 2.75) is 0 Å². The van der Waals surface area contributed by atoms with E-state index >= 15 is 0 Å². The summed E-state index contributed by atoms with van der Waals surface area (Å²) in [4.78, 5) is 0. The first kappa shape index (κ1) is 7.64. The van der Waals surface area contributed by atoms with E-state index in [0.29, 0.717) is 14.9 Å². The molecule has 1 unspecified atom stereocenters. The molecule has 0 aliphatic carbocycles. The molecule has 1 atom stereocenters. The molecule has 1 aromatic carbocycles. The lowest BCUT2D eigenvalue weighted by atomic mass is 10.3. The van der Waals surface area contributed by atoms with Crippen molar-refractivity contribution in [1.82, 2.24) is 0 Å². The van der Waals surface area contributed by atoms with Crippen LogP contribution in [0, 0.1) is 5.82 Å². The fraction of sp³-hybridized carbons (Fsp3) is 0.143. The third kappa shape index (κ3) is 1.76. The van der Waals surface area contributed by atoms with Gasteiger partial charge in [-0.1, -0.05) is 26.8 Å². The number of hydrogen-bond acceptors (Lipinski definition) is 1. The van der Waals surface area contributed by atoms with E-state index in [4.69, 9.17) is 5.73 Å². The van der Waals surface area contributed by atoms with Crippen molar-refractivity contribution in [3.63, 3.8) is 0 Å². The van der Waals surface area contributed by atoms with Crippen LogP contribution in [0.3, 0.4) is 0 Å². The zero-order valence-corrected chi connectivity index (χ0v) is 6.47. The first-order valence-electron chi connectivity index (χ1n) is 3.03. The molecule has 0 aromatic heterocycles. The lowest BCUT2D eigenvalue weighted by molar-refractivity contribution is 0.636. The van der Waals surface area contributed by atoms with Crippen molar-refractivity contribution >= 4 is 13.9 Å². The molecule has 0 bridgehead atoms. The highest BCUT2D eigenvalue weighted by Gasteiger charge is 1.96. The number of hydrogen-bond donors (Lipinski definition) is 1. The van der Waals surface area contributed by atoms with Gasteiger partial charge in [0.2, 0.25) is 0 Å². The van der Waals surface area contributed by atoms with Crippen LogP contribution in [0.2, 0.25) is 0 Å². The highest BCUT2D eigenvalue weighted by atomic mass is 31.1. The summed E-state index contributed by atoms with van der Waals surface area (Å²) in [7, 11) is 0.389. The van der Waals surface area contributed by atoms with Crippen LogP contribution in [0.4, 0.5) is 4.39 Å². The van der Waals surface area contributed by atoms with Gasteiger partial charge in [0.15, 0.2) is 0 Å². The van der Waals surface area contributed by atoms with Gasteiger partial charge in [-0.05, 0) is 6.07 Å². The summed E-state index contributed by atoms with van der Waals surface area (Å²) < 4.78 is 12.7. The SMILES string of the molecule is NCPc1ccccc1F. The highest BCUT2D eigenvalue weighted by molar-refractivity contribution is 7.47. The minimum Gasteiger partial charge on any atom is -0.327 e. The second kappa shape index (κ2) is 3.65. The normalized spacial score (nSPS) is 11.0. The number of nitrogens with two attached hydrogens (primary N) is 1. The Labute approximate surface area is 61.2 Å². The topological polar surface area (TPSA) is 26.0 Å². The molecular weight excluding hydrogens is 148 g/mol. The van der Waals surface area contributed by atoms with Crippen LogP contribution in [-0.4, -0.2) is 6.29 Å². The first-order chi connectivity index (χ1) is 4.84. The zero-order chi connectivity index (χ0) is 7.40. The van der Waals surface area contributed by atoms with Gasteiger partial charge < -0.3 is 5.73 Å². The minimum absolute atomic E-state index is 0.147. The standard InChI is InChI=1S/C7H9FNP/c8-6-3-1-2-4-7(6)10-5-9/h1-4,10H,5,9H2. The van der Waals surface area contributed by atoms with Gasteiger partial charge in [-0.15, -0.1) is 0 Å². The lowest BCUT2D eigenvalue weighted by Gasteiger charge is -1.98. The molecule has 3 heteroatoms. The Morgan fingerprint density at radius 2 is 2.10 bits per heavy atom. The van der Waals surface area contributed by atoms with Gasteiger partial charge in [-0.2, -0.15) is 0 Å². The van der Waals surface area contributed by atoms with Gasteiger partial charge in [0, 0.05) is 11.6 Å². The third-order valence-corrected chi connectivity index (χ3v) is 2.16. The maximum absolute atomic E-state index is 12.7. The number of halogens is 1. The van der Waals surface area contributed by atoms with Crippen LogP contribution in [0.15, 0.2) is 24.3 Å². The van der Waals surface area contributed by atoms with E-state index in [1.165, 1.54) is 6.07 Å². The fourth-order valence-corrected chi connectivity index (χ4v) is 1.40. The van der Waals surface area contributed by atoms with Crippen LogP contribution < -0.4 is 11.0 Å².